The highest BCUT2D eigenvalue weighted by atomic mass is 32.1. The maximum Gasteiger partial charge on any atom is 0.348 e. The predicted octanol–water partition coefficient (Wildman–Crippen LogP) is 3.12. The number of methoxy groups -OCH3 is 1. The van der Waals surface area contributed by atoms with Crippen LogP contribution >= 0.6 is 11.3 Å². The van der Waals surface area contributed by atoms with Crippen molar-refractivity contribution in [1.82, 2.24) is 4.98 Å². The summed E-state index contributed by atoms with van der Waals surface area (Å²) < 4.78 is 5.58. The molecule has 2 heterocycles. The second kappa shape index (κ2) is 7.23. The largest absolute Gasteiger partial charge is 0.465 e. The summed E-state index contributed by atoms with van der Waals surface area (Å²) >= 11 is 1.16. The number of ether oxygens (including phenoxy) is 1. The van der Waals surface area contributed by atoms with E-state index in [2.05, 4.69) is 4.98 Å². The number of nitrogens with two attached hydrogens (primary N) is 3. The van der Waals surface area contributed by atoms with E-state index >= 15 is 0 Å². The van der Waals surface area contributed by atoms with Crippen molar-refractivity contribution in [2.45, 2.75) is 11.6 Å². The highest BCUT2D eigenvalue weighted by Gasteiger charge is 2.49. The van der Waals surface area contributed by atoms with Gasteiger partial charge in [0, 0.05) is 28.4 Å². The smallest absolute Gasteiger partial charge is 0.348 e. The first-order valence-corrected chi connectivity index (χ1v) is 10.7. The lowest BCUT2D eigenvalue weighted by atomic mass is 9.70. The molecule has 0 aliphatic heterocycles. The van der Waals surface area contributed by atoms with Crippen molar-refractivity contribution < 1.29 is 14.3 Å². The molecule has 0 radical (unpaired) electrons. The third kappa shape index (κ3) is 2.70. The molecule has 7 nitrogen and oxygen atoms in total. The molecule has 0 saturated heterocycles. The summed E-state index contributed by atoms with van der Waals surface area (Å²) in [5.74, 6) is -0.973. The van der Waals surface area contributed by atoms with E-state index < -0.39 is 23.3 Å². The van der Waals surface area contributed by atoms with Crippen molar-refractivity contribution in [3.8, 4) is 11.3 Å². The van der Waals surface area contributed by atoms with Gasteiger partial charge in [-0.05, 0) is 29.3 Å². The van der Waals surface area contributed by atoms with Crippen LogP contribution in [0, 0.1) is 0 Å². The number of pyridine rings is 1. The Hall–Kier alpha value is -3.59. The van der Waals surface area contributed by atoms with Crippen LogP contribution in [0.3, 0.4) is 0 Å². The monoisotopic (exact) mass is 444 g/mol. The fourth-order valence-corrected chi connectivity index (χ4v) is 5.58. The zero-order valence-electron chi connectivity index (χ0n) is 17.2. The summed E-state index contributed by atoms with van der Waals surface area (Å²) in [6.45, 7) is 0. The average Bonchev–Trinajstić information content (AvgIpc) is 3.24. The number of thiophene rings is 1. The summed E-state index contributed by atoms with van der Waals surface area (Å²) in [5, 5.41) is 0.642. The summed E-state index contributed by atoms with van der Waals surface area (Å²) in [5.41, 5.74) is 21.6. The zero-order chi connectivity index (χ0) is 22.6. The number of nitrogen functional groups attached to an aromatic ring is 1. The van der Waals surface area contributed by atoms with Crippen LogP contribution in [-0.2, 0) is 15.1 Å². The summed E-state index contributed by atoms with van der Waals surface area (Å²) in [6.07, 6.45) is 1.63. The van der Waals surface area contributed by atoms with Gasteiger partial charge in [-0.15, -0.1) is 11.3 Å². The quantitative estimate of drug-likeness (QED) is 0.326. The number of ketones is 1. The number of hydrogen-bond acceptors (Lipinski definition) is 8. The molecule has 6 N–H and O–H groups in total. The van der Waals surface area contributed by atoms with Gasteiger partial charge in [-0.3, -0.25) is 9.78 Å². The fourth-order valence-electron chi connectivity index (χ4n) is 4.37. The van der Waals surface area contributed by atoms with Crippen LogP contribution in [0.25, 0.3) is 21.3 Å². The molecular weight excluding hydrogens is 424 g/mol. The topological polar surface area (TPSA) is 134 Å². The van der Waals surface area contributed by atoms with Crippen LogP contribution in [0.1, 0.15) is 32.4 Å². The first kappa shape index (κ1) is 20.3. The van der Waals surface area contributed by atoms with Gasteiger partial charge in [0.25, 0.3) is 0 Å². The minimum atomic E-state index is -1.53. The number of benzene rings is 2. The van der Waals surface area contributed by atoms with E-state index in [1.54, 1.807) is 30.5 Å². The lowest BCUT2D eigenvalue weighted by Crippen LogP contribution is -2.52. The van der Waals surface area contributed by atoms with E-state index in [1.165, 1.54) is 7.11 Å². The maximum absolute atomic E-state index is 13.7. The first-order chi connectivity index (χ1) is 15.4. The number of rotatable bonds is 3. The van der Waals surface area contributed by atoms with Gasteiger partial charge >= 0.3 is 5.97 Å². The van der Waals surface area contributed by atoms with E-state index in [-0.39, 0.29) is 4.88 Å². The molecule has 1 aliphatic rings. The van der Waals surface area contributed by atoms with E-state index in [1.807, 2.05) is 30.3 Å². The van der Waals surface area contributed by atoms with Gasteiger partial charge < -0.3 is 21.9 Å². The van der Waals surface area contributed by atoms with Crippen LogP contribution in [0.5, 0.6) is 0 Å². The molecule has 0 spiro atoms. The maximum atomic E-state index is 13.7. The molecule has 2 unspecified atom stereocenters. The van der Waals surface area contributed by atoms with Gasteiger partial charge in [-0.25, -0.2) is 4.79 Å². The Labute approximate surface area is 187 Å². The molecule has 0 bridgehead atoms. The lowest BCUT2D eigenvalue weighted by molar-refractivity contribution is -0.124. The Morgan fingerprint density at radius 1 is 1.16 bits per heavy atom. The van der Waals surface area contributed by atoms with Gasteiger partial charge in [0.1, 0.15) is 10.4 Å². The Bertz CT molecular complexity index is 1400. The summed E-state index contributed by atoms with van der Waals surface area (Å²) in [4.78, 5) is 30.8. The van der Waals surface area contributed by atoms with Crippen LogP contribution in [0.4, 0.5) is 5.69 Å². The van der Waals surface area contributed by atoms with E-state index in [0.29, 0.717) is 38.2 Å². The van der Waals surface area contributed by atoms with Crippen LogP contribution in [0.2, 0.25) is 0 Å². The van der Waals surface area contributed by atoms with Crippen molar-refractivity contribution in [3.63, 3.8) is 0 Å². The average molecular weight is 445 g/mol. The number of esters is 1. The first-order valence-electron chi connectivity index (χ1n) is 9.92. The van der Waals surface area contributed by atoms with Crippen LogP contribution in [0.15, 0.2) is 60.8 Å². The van der Waals surface area contributed by atoms with E-state index in [9.17, 15) is 9.59 Å². The number of nitrogens with zero attached hydrogens (tertiary/aromatic N) is 1. The Balaban J connectivity index is 1.80. The normalized spacial score (nSPS) is 19.8. The van der Waals surface area contributed by atoms with E-state index in [0.717, 1.165) is 16.9 Å². The van der Waals surface area contributed by atoms with Crippen molar-refractivity contribution in [1.29, 1.82) is 0 Å². The molecule has 32 heavy (non-hydrogen) atoms. The molecule has 4 aromatic rings. The molecule has 0 amide bonds. The number of Topliss-reactive ketones (excluding diaryl/α,β-unsaturated/α-hetero) is 1. The van der Waals surface area contributed by atoms with Gasteiger partial charge in [-0.2, -0.15) is 0 Å². The van der Waals surface area contributed by atoms with Gasteiger partial charge in [0.15, 0.2) is 5.78 Å². The fraction of sp³-hybridized carbons (Fsp3) is 0.125. The summed E-state index contributed by atoms with van der Waals surface area (Å²) in [6, 6.07) is 15.5. The number of hydrogen-bond donors (Lipinski definition) is 3. The Kier molecular flexibility index (Phi) is 4.59. The van der Waals surface area contributed by atoms with Gasteiger partial charge in [0.05, 0.1) is 23.5 Å². The molecule has 2 aromatic heterocycles. The number of carbonyl (C=O) groups is 2. The molecule has 2 atom stereocenters. The summed E-state index contributed by atoms with van der Waals surface area (Å²) in [7, 11) is 1.29. The molecule has 0 saturated carbocycles. The Morgan fingerprint density at radius 2 is 1.91 bits per heavy atom. The molecule has 0 fully saturated rings. The number of carbonyl (C=O) groups excluding carboxylic acids is 2. The standard InChI is InChI=1S/C24H20N4O3S/c1-31-23(30)21-18-17-14(7-8-15(25)20(17)32-21)24(27,22(29)19(18)26)13-9-10-28-16(11-13)12-5-3-2-4-6-12/h2-11,19H,25-27H2,1H3. The molecular formula is C24H20N4O3S. The van der Waals surface area contributed by atoms with Gasteiger partial charge in [0.2, 0.25) is 0 Å². The highest BCUT2D eigenvalue weighted by molar-refractivity contribution is 7.21. The number of aromatic nitrogens is 1. The molecule has 1 aliphatic carbocycles. The molecule has 2 aromatic carbocycles. The lowest BCUT2D eigenvalue weighted by Gasteiger charge is -2.36. The number of anilines is 1. The van der Waals surface area contributed by atoms with Crippen molar-refractivity contribution in [2.75, 3.05) is 12.8 Å². The van der Waals surface area contributed by atoms with Crippen LogP contribution in [-0.4, -0.2) is 23.8 Å². The second-order valence-electron chi connectivity index (χ2n) is 7.69. The third-order valence-corrected chi connectivity index (χ3v) is 7.20. The SMILES string of the molecule is COC(=O)c1sc2c(N)ccc3c2c1C(N)C(=O)C3(N)c1ccnc(-c2ccccc2)c1. The minimum absolute atomic E-state index is 0.268. The second-order valence-corrected chi connectivity index (χ2v) is 8.71. The van der Waals surface area contributed by atoms with Crippen molar-refractivity contribution in [2.24, 2.45) is 11.5 Å². The molecule has 5 rings (SSSR count). The molecule has 8 heteroatoms. The third-order valence-electron chi connectivity index (χ3n) is 5.97. The van der Waals surface area contributed by atoms with E-state index in [4.69, 9.17) is 21.9 Å². The van der Waals surface area contributed by atoms with Crippen molar-refractivity contribution in [3.05, 3.63) is 82.4 Å². The highest BCUT2D eigenvalue weighted by Crippen LogP contribution is 2.49. The Morgan fingerprint density at radius 3 is 2.62 bits per heavy atom. The molecule has 160 valence electrons. The predicted molar refractivity (Wildman–Crippen MR) is 124 cm³/mol. The zero-order valence-corrected chi connectivity index (χ0v) is 18.0. The van der Waals surface area contributed by atoms with Crippen LogP contribution < -0.4 is 17.2 Å². The van der Waals surface area contributed by atoms with Gasteiger partial charge in [-0.1, -0.05) is 36.4 Å². The minimum Gasteiger partial charge on any atom is -0.465 e. The van der Waals surface area contributed by atoms with Crippen molar-refractivity contribution >= 4 is 38.9 Å².